The summed E-state index contributed by atoms with van der Waals surface area (Å²) in [5.74, 6) is 0. The highest BCUT2D eigenvalue weighted by atomic mass is 15.1. The summed E-state index contributed by atoms with van der Waals surface area (Å²) in [4.78, 5) is 4.64. The van der Waals surface area contributed by atoms with Crippen molar-refractivity contribution >= 4 is 0 Å². The quantitative estimate of drug-likeness (QED) is 0.743. The van der Waals surface area contributed by atoms with Gasteiger partial charge >= 0.3 is 0 Å². The summed E-state index contributed by atoms with van der Waals surface area (Å²) in [6.45, 7) is 10.1. The van der Waals surface area contributed by atoms with Crippen LogP contribution in [0.2, 0.25) is 0 Å². The number of nitrogens with one attached hydrogen (secondary N) is 1. The van der Waals surface area contributed by atoms with E-state index in [4.69, 9.17) is 0 Å². The number of H-pyrrole nitrogens is 1. The van der Waals surface area contributed by atoms with Gasteiger partial charge < -0.3 is 9.80 Å². The van der Waals surface area contributed by atoms with Crippen LogP contribution in [0.25, 0.3) is 0 Å². The Kier molecular flexibility index (Phi) is 6.69. The second-order valence-corrected chi connectivity index (χ2v) is 7.09. The van der Waals surface area contributed by atoms with Crippen molar-refractivity contribution in [3.63, 3.8) is 0 Å². The van der Waals surface area contributed by atoms with E-state index in [1.807, 2.05) is 0 Å². The molecular weight excluding hydrogens is 248 g/mol. The van der Waals surface area contributed by atoms with Gasteiger partial charge in [0.2, 0.25) is 0 Å². The van der Waals surface area contributed by atoms with Crippen molar-refractivity contribution < 1.29 is 0 Å². The van der Waals surface area contributed by atoms with E-state index in [1.54, 1.807) is 0 Å². The summed E-state index contributed by atoms with van der Waals surface area (Å²) in [5.41, 5.74) is 2.57. The van der Waals surface area contributed by atoms with Crippen molar-refractivity contribution in [1.29, 1.82) is 0 Å². The van der Waals surface area contributed by atoms with Crippen LogP contribution in [0.5, 0.6) is 0 Å². The van der Waals surface area contributed by atoms with Crippen LogP contribution in [0.3, 0.4) is 0 Å². The molecule has 116 valence electrons. The molecule has 0 fully saturated rings. The maximum absolute atomic E-state index is 4.41. The Balaban J connectivity index is 2.20. The Morgan fingerprint density at radius 2 is 1.75 bits per heavy atom. The van der Waals surface area contributed by atoms with E-state index in [1.165, 1.54) is 25.1 Å². The molecule has 1 aromatic rings. The first-order valence-corrected chi connectivity index (χ1v) is 7.67. The lowest BCUT2D eigenvalue weighted by Crippen LogP contribution is -2.29. The highest BCUT2D eigenvalue weighted by Gasteiger charge is 2.16. The van der Waals surface area contributed by atoms with Crippen LogP contribution >= 0.6 is 0 Å². The van der Waals surface area contributed by atoms with Gasteiger partial charge in [-0.3, -0.25) is 5.10 Å². The number of aromatic amines is 1. The lowest BCUT2D eigenvalue weighted by Gasteiger charge is -2.18. The van der Waals surface area contributed by atoms with Gasteiger partial charge in [0.1, 0.15) is 0 Å². The topological polar surface area (TPSA) is 35.2 Å². The van der Waals surface area contributed by atoms with Crippen molar-refractivity contribution in [2.24, 2.45) is 0 Å². The fraction of sp³-hybridized carbons (Fsp3) is 0.812. The number of aryl methyl sites for hydroxylation is 1. The Morgan fingerprint density at radius 1 is 1.05 bits per heavy atom. The largest absolute Gasteiger partial charge is 0.308 e. The molecular formula is C16H32N4. The smallest absolute Gasteiger partial charge is 0.0678 e. The Labute approximate surface area is 124 Å². The Morgan fingerprint density at radius 3 is 2.30 bits per heavy atom. The molecule has 1 rings (SSSR count). The van der Waals surface area contributed by atoms with Crippen molar-refractivity contribution in [2.45, 2.75) is 45.4 Å². The van der Waals surface area contributed by atoms with Gasteiger partial charge in [0, 0.05) is 24.2 Å². The molecule has 0 radical (unpaired) electrons. The monoisotopic (exact) mass is 280 g/mol. The SMILES string of the molecule is CN(C)CCN(C)CCCCc1cc(C(C)(C)C)n[nH]1. The van der Waals surface area contributed by atoms with Gasteiger partial charge in [0.15, 0.2) is 0 Å². The Hall–Kier alpha value is -0.870. The van der Waals surface area contributed by atoms with Crippen LogP contribution < -0.4 is 0 Å². The first-order valence-electron chi connectivity index (χ1n) is 7.67. The molecule has 0 aromatic carbocycles. The van der Waals surface area contributed by atoms with Crippen LogP contribution in [0.15, 0.2) is 6.07 Å². The third kappa shape index (κ3) is 6.53. The zero-order chi connectivity index (χ0) is 15.2. The van der Waals surface area contributed by atoms with Gasteiger partial charge in [-0.25, -0.2) is 0 Å². The summed E-state index contributed by atoms with van der Waals surface area (Å²) in [6, 6.07) is 2.22. The van der Waals surface area contributed by atoms with Crippen LogP contribution in [0.1, 0.15) is 45.0 Å². The molecule has 1 heterocycles. The number of hydrogen-bond donors (Lipinski definition) is 1. The Bertz CT molecular complexity index is 376. The van der Waals surface area contributed by atoms with Crippen molar-refractivity contribution in [2.75, 3.05) is 40.8 Å². The van der Waals surface area contributed by atoms with E-state index in [9.17, 15) is 0 Å². The molecule has 1 N–H and O–H groups in total. The minimum atomic E-state index is 0.140. The number of hydrogen-bond acceptors (Lipinski definition) is 3. The van der Waals surface area contributed by atoms with E-state index in [0.29, 0.717) is 0 Å². The fourth-order valence-corrected chi connectivity index (χ4v) is 2.05. The molecule has 0 amide bonds. The zero-order valence-electron chi connectivity index (χ0n) is 14.2. The average molecular weight is 280 g/mol. The van der Waals surface area contributed by atoms with Gasteiger partial charge in [-0.05, 0) is 53.0 Å². The van der Waals surface area contributed by atoms with Gasteiger partial charge in [0.05, 0.1) is 5.69 Å². The van der Waals surface area contributed by atoms with Crippen molar-refractivity contribution in [3.05, 3.63) is 17.5 Å². The normalized spacial score (nSPS) is 12.6. The predicted molar refractivity (Wildman–Crippen MR) is 86.3 cm³/mol. The maximum atomic E-state index is 4.41. The maximum Gasteiger partial charge on any atom is 0.0678 e. The van der Waals surface area contributed by atoms with Gasteiger partial charge in [-0.15, -0.1) is 0 Å². The molecule has 4 nitrogen and oxygen atoms in total. The highest BCUT2D eigenvalue weighted by Crippen LogP contribution is 2.20. The zero-order valence-corrected chi connectivity index (χ0v) is 14.2. The fourth-order valence-electron chi connectivity index (χ4n) is 2.05. The molecule has 0 atom stereocenters. The summed E-state index contributed by atoms with van der Waals surface area (Å²) in [5, 5.41) is 7.58. The highest BCUT2D eigenvalue weighted by molar-refractivity contribution is 5.16. The lowest BCUT2D eigenvalue weighted by atomic mass is 9.92. The number of likely N-dealkylation sites (N-methyl/N-ethyl adjacent to an activating group) is 2. The molecule has 0 aliphatic carbocycles. The van der Waals surface area contributed by atoms with E-state index >= 15 is 0 Å². The molecule has 0 bridgehead atoms. The minimum absolute atomic E-state index is 0.140. The molecule has 0 aliphatic heterocycles. The van der Waals surface area contributed by atoms with E-state index < -0.39 is 0 Å². The second kappa shape index (κ2) is 7.79. The predicted octanol–water partition coefficient (Wildman–Crippen LogP) is 2.52. The summed E-state index contributed by atoms with van der Waals surface area (Å²) in [7, 11) is 6.45. The molecule has 20 heavy (non-hydrogen) atoms. The third-order valence-corrected chi connectivity index (χ3v) is 3.56. The first kappa shape index (κ1) is 17.2. The van der Waals surface area contributed by atoms with Crippen LogP contribution in [0.4, 0.5) is 0 Å². The van der Waals surface area contributed by atoms with Crippen molar-refractivity contribution in [1.82, 2.24) is 20.0 Å². The standard InChI is InChI=1S/C16H32N4/c1-16(2,3)15-13-14(17-18-15)9-7-8-10-20(6)12-11-19(4)5/h13H,7-12H2,1-6H3,(H,17,18). The summed E-state index contributed by atoms with van der Waals surface area (Å²) in [6.07, 6.45) is 3.57. The summed E-state index contributed by atoms with van der Waals surface area (Å²) < 4.78 is 0. The molecule has 1 aromatic heterocycles. The van der Waals surface area contributed by atoms with Gasteiger partial charge in [-0.1, -0.05) is 20.8 Å². The van der Waals surface area contributed by atoms with Crippen LogP contribution in [-0.2, 0) is 11.8 Å². The molecule has 0 aliphatic rings. The lowest BCUT2D eigenvalue weighted by molar-refractivity contribution is 0.278. The third-order valence-electron chi connectivity index (χ3n) is 3.56. The summed E-state index contributed by atoms with van der Waals surface area (Å²) >= 11 is 0. The second-order valence-electron chi connectivity index (χ2n) is 7.09. The number of rotatable bonds is 8. The number of aromatic nitrogens is 2. The van der Waals surface area contributed by atoms with Crippen LogP contribution in [-0.4, -0.2) is 60.8 Å². The van der Waals surface area contributed by atoms with E-state index in [0.717, 1.165) is 25.2 Å². The van der Waals surface area contributed by atoms with E-state index in [-0.39, 0.29) is 5.41 Å². The van der Waals surface area contributed by atoms with Gasteiger partial charge in [-0.2, -0.15) is 5.10 Å². The molecule has 4 heteroatoms. The number of unbranched alkanes of at least 4 members (excludes halogenated alkanes) is 1. The van der Waals surface area contributed by atoms with Gasteiger partial charge in [0.25, 0.3) is 0 Å². The molecule has 0 unspecified atom stereocenters. The number of nitrogens with zero attached hydrogens (tertiary/aromatic N) is 3. The minimum Gasteiger partial charge on any atom is -0.308 e. The molecule has 0 saturated heterocycles. The van der Waals surface area contributed by atoms with E-state index in [2.05, 4.69) is 68.0 Å². The first-order chi connectivity index (χ1) is 9.29. The average Bonchev–Trinajstić information content (AvgIpc) is 2.80. The molecule has 0 spiro atoms. The van der Waals surface area contributed by atoms with Crippen LogP contribution in [0, 0.1) is 0 Å². The van der Waals surface area contributed by atoms with Crippen molar-refractivity contribution in [3.8, 4) is 0 Å². The molecule has 0 saturated carbocycles.